The molecule has 3 nitrogen and oxygen atoms in total. The van der Waals surface area contributed by atoms with Crippen LogP contribution in [0.2, 0.25) is 0 Å². The zero-order valence-electron chi connectivity index (χ0n) is 8.41. The number of ether oxygens (including phenoxy) is 1. The Kier molecular flexibility index (Phi) is 2.49. The summed E-state index contributed by atoms with van der Waals surface area (Å²) < 4.78 is 6.52. The summed E-state index contributed by atoms with van der Waals surface area (Å²) in [5.74, 6) is 0. The van der Waals surface area contributed by atoms with E-state index in [1.54, 1.807) is 11.3 Å². The van der Waals surface area contributed by atoms with Crippen molar-refractivity contribution in [2.24, 2.45) is 5.41 Å². The first-order valence-corrected chi connectivity index (χ1v) is 6.82. The molecule has 2 fully saturated rings. The first-order chi connectivity index (χ1) is 7.27. The molecule has 3 heterocycles. The number of rotatable bonds is 1. The fourth-order valence-corrected chi connectivity index (χ4v) is 3.59. The summed E-state index contributed by atoms with van der Waals surface area (Å²) in [6.45, 7) is 4.21. The summed E-state index contributed by atoms with van der Waals surface area (Å²) in [6.07, 6.45) is 4.32. The van der Waals surface area contributed by atoms with Crippen molar-refractivity contribution in [3.8, 4) is 0 Å². The molecule has 2 aliphatic heterocycles. The lowest BCUT2D eigenvalue weighted by Crippen LogP contribution is -2.58. The van der Waals surface area contributed by atoms with Gasteiger partial charge in [-0.1, -0.05) is 11.3 Å². The third-order valence-corrected chi connectivity index (χ3v) is 4.88. The van der Waals surface area contributed by atoms with Crippen LogP contribution in [-0.4, -0.2) is 31.3 Å². The summed E-state index contributed by atoms with van der Waals surface area (Å²) in [5.41, 5.74) is 0.538. The van der Waals surface area contributed by atoms with Gasteiger partial charge in [-0.2, -0.15) is 0 Å². The zero-order valence-corrected chi connectivity index (χ0v) is 10.8. The van der Waals surface area contributed by atoms with Crippen molar-refractivity contribution in [1.29, 1.82) is 0 Å². The van der Waals surface area contributed by atoms with Gasteiger partial charge in [-0.15, -0.1) is 0 Å². The lowest BCUT2D eigenvalue weighted by atomic mass is 9.74. The maximum Gasteiger partial charge on any atom is 0.186 e. The van der Waals surface area contributed by atoms with E-state index >= 15 is 0 Å². The van der Waals surface area contributed by atoms with Crippen LogP contribution in [0.4, 0.5) is 5.13 Å². The topological polar surface area (TPSA) is 25.4 Å². The number of anilines is 1. The van der Waals surface area contributed by atoms with Crippen LogP contribution in [0.1, 0.15) is 12.8 Å². The summed E-state index contributed by atoms with van der Waals surface area (Å²) in [5, 5.41) is 1.15. The molecular formula is C10H13BrN2OS. The quantitative estimate of drug-likeness (QED) is 0.794. The average Bonchev–Trinajstić information content (AvgIpc) is 2.62. The lowest BCUT2D eigenvalue weighted by Gasteiger charge is -2.52. The highest BCUT2D eigenvalue weighted by Crippen LogP contribution is 2.43. The highest BCUT2D eigenvalue weighted by atomic mass is 79.9. The molecule has 0 radical (unpaired) electrons. The van der Waals surface area contributed by atoms with Gasteiger partial charge in [0.05, 0.1) is 9.98 Å². The molecule has 3 rings (SSSR count). The SMILES string of the molecule is Brc1cnc(N2CC3(CCOCC3)C2)s1. The predicted octanol–water partition coefficient (Wildman–Crippen LogP) is 2.52. The van der Waals surface area contributed by atoms with Gasteiger partial charge in [0.2, 0.25) is 0 Å². The Morgan fingerprint density at radius 2 is 2.13 bits per heavy atom. The van der Waals surface area contributed by atoms with Crippen LogP contribution in [0, 0.1) is 5.41 Å². The van der Waals surface area contributed by atoms with E-state index in [9.17, 15) is 0 Å². The molecule has 5 heteroatoms. The fraction of sp³-hybridized carbons (Fsp3) is 0.700. The van der Waals surface area contributed by atoms with E-state index in [4.69, 9.17) is 4.74 Å². The Morgan fingerprint density at radius 3 is 2.73 bits per heavy atom. The summed E-state index contributed by atoms with van der Waals surface area (Å²) in [6, 6.07) is 0. The van der Waals surface area contributed by atoms with Gasteiger partial charge in [-0.3, -0.25) is 0 Å². The van der Waals surface area contributed by atoms with Gasteiger partial charge in [-0.25, -0.2) is 4.98 Å². The van der Waals surface area contributed by atoms with Crippen molar-refractivity contribution in [3.05, 3.63) is 9.98 Å². The molecule has 0 bridgehead atoms. The second-order valence-corrected chi connectivity index (χ2v) is 6.80. The Hall–Kier alpha value is -0.130. The van der Waals surface area contributed by atoms with E-state index in [-0.39, 0.29) is 0 Å². The summed E-state index contributed by atoms with van der Waals surface area (Å²) in [7, 11) is 0. The highest BCUT2D eigenvalue weighted by Gasteiger charge is 2.44. The minimum absolute atomic E-state index is 0.538. The molecule has 1 aromatic rings. The monoisotopic (exact) mass is 288 g/mol. The Balaban J connectivity index is 1.65. The van der Waals surface area contributed by atoms with E-state index in [0.717, 1.165) is 35.2 Å². The molecule has 0 saturated carbocycles. The van der Waals surface area contributed by atoms with Crippen LogP contribution in [0.3, 0.4) is 0 Å². The second kappa shape index (κ2) is 3.71. The van der Waals surface area contributed by atoms with Gasteiger partial charge < -0.3 is 9.64 Å². The Bertz CT molecular complexity index is 354. The summed E-state index contributed by atoms with van der Waals surface area (Å²) in [4.78, 5) is 6.76. The third-order valence-electron chi connectivity index (χ3n) is 3.34. The highest BCUT2D eigenvalue weighted by molar-refractivity contribution is 9.11. The zero-order chi connectivity index (χ0) is 10.3. The van der Waals surface area contributed by atoms with Gasteiger partial charge in [-0.05, 0) is 28.8 Å². The van der Waals surface area contributed by atoms with E-state index in [1.165, 1.54) is 12.8 Å². The standard InChI is InChI=1S/C10H13BrN2OS/c11-8-5-12-9(15-8)13-6-10(7-13)1-3-14-4-2-10/h5H,1-4,6-7H2. The third kappa shape index (κ3) is 1.81. The van der Waals surface area contributed by atoms with Crippen molar-refractivity contribution in [2.75, 3.05) is 31.2 Å². The molecule has 1 aromatic heterocycles. The normalized spacial score (nSPS) is 24.2. The largest absolute Gasteiger partial charge is 0.381 e. The molecule has 0 unspecified atom stereocenters. The van der Waals surface area contributed by atoms with E-state index in [0.29, 0.717) is 5.41 Å². The first kappa shape index (κ1) is 10.1. The number of halogens is 1. The minimum atomic E-state index is 0.538. The molecule has 1 spiro atoms. The Morgan fingerprint density at radius 1 is 1.40 bits per heavy atom. The number of nitrogens with zero attached hydrogens (tertiary/aromatic N) is 2. The van der Waals surface area contributed by atoms with Gasteiger partial charge in [0.25, 0.3) is 0 Å². The fourth-order valence-electron chi connectivity index (χ4n) is 2.41. The minimum Gasteiger partial charge on any atom is -0.381 e. The van der Waals surface area contributed by atoms with Crippen molar-refractivity contribution >= 4 is 32.4 Å². The molecule has 0 atom stereocenters. The maximum absolute atomic E-state index is 5.41. The molecule has 15 heavy (non-hydrogen) atoms. The second-order valence-electron chi connectivity index (χ2n) is 4.42. The van der Waals surface area contributed by atoms with Crippen LogP contribution in [0.5, 0.6) is 0 Å². The molecule has 0 N–H and O–H groups in total. The molecular weight excluding hydrogens is 276 g/mol. The van der Waals surface area contributed by atoms with E-state index in [1.807, 2.05) is 6.20 Å². The number of aromatic nitrogens is 1. The van der Waals surface area contributed by atoms with Crippen LogP contribution in [0.15, 0.2) is 9.98 Å². The molecule has 0 amide bonds. The molecule has 0 aromatic carbocycles. The molecule has 2 aliphatic rings. The van der Waals surface area contributed by atoms with E-state index in [2.05, 4.69) is 25.8 Å². The predicted molar refractivity (Wildman–Crippen MR) is 64.5 cm³/mol. The smallest absolute Gasteiger partial charge is 0.186 e. The number of thiazole rings is 1. The van der Waals surface area contributed by atoms with Crippen LogP contribution in [-0.2, 0) is 4.74 Å². The van der Waals surface area contributed by atoms with E-state index < -0.39 is 0 Å². The van der Waals surface area contributed by atoms with Crippen molar-refractivity contribution in [3.63, 3.8) is 0 Å². The van der Waals surface area contributed by atoms with Gasteiger partial charge in [0.15, 0.2) is 5.13 Å². The first-order valence-electron chi connectivity index (χ1n) is 5.22. The lowest BCUT2D eigenvalue weighted by molar-refractivity contribution is -0.000202. The number of hydrogen-bond acceptors (Lipinski definition) is 4. The van der Waals surface area contributed by atoms with Crippen LogP contribution < -0.4 is 4.90 Å². The number of hydrogen-bond donors (Lipinski definition) is 0. The Labute approximate surface area is 102 Å². The summed E-state index contributed by atoms with van der Waals surface area (Å²) >= 11 is 5.17. The van der Waals surface area contributed by atoms with Crippen LogP contribution >= 0.6 is 27.3 Å². The average molecular weight is 289 g/mol. The molecule has 0 aliphatic carbocycles. The molecule has 2 saturated heterocycles. The molecule has 82 valence electrons. The maximum atomic E-state index is 5.41. The van der Waals surface area contributed by atoms with Gasteiger partial charge in [0.1, 0.15) is 0 Å². The van der Waals surface area contributed by atoms with Gasteiger partial charge in [0, 0.05) is 31.7 Å². The van der Waals surface area contributed by atoms with Crippen molar-refractivity contribution in [1.82, 2.24) is 4.98 Å². The van der Waals surface area contributed by atoms with Gasteiger partial charge >= 0.3 is 0 Å². The van der Waals surface area contributed by atoms with Crippen LogP contribution in [0.25, 0.3) is 0 Å². The van der Waals surface area contributed by atoms with Crippen molar-refractivity contribution < 1.29 is 4.74 Å². The van der Waals surface area contributed by atoms with Crippen molar-refractivity contribution in [2.45, 2.75) is 12.8 Å².